The van der Waals surface area contributed by atoms with Crippen molar-refractivity contribution in [3.8, 4) is 0 Å². The van der Waals surface area contributed by atoms with Gasteiger partial charge in [0.1, 0.15) is 0 Å². The van der Waals surface area contributed by atoms with Gasteiger partial charge in [0.2, 0.25) is 0 Å². The molecule has 1 aromatic carbocycles. The monoisotopic (exact) mass is 302 g/mol. The Hall–Kier alpha value is -1.87. The van der Waals surface area contributed by atoms with Crippen LogP contribution in [0.15, 0.2) is 53.6 Å². The quantitative estimate of drug-likeness (QED) is 0.293. The molecule has 0 spiro atoms. The predicted octanol–water partition coefficient (Wildman–Crippen LogP) is 4.44. The fraction of sp³-hybridized carbons (Fsp3) is 0.421. The third-order valence-electron chi connectivity index (χ3n) is 3.25. The summed E-state index contributed by atoms with van der Waals surface area (Å²) < 4.78 is 10.6. The van der Waals surface area contributed by atoms with Crippen molar-refractivity contribution in [2.75, 3.05) is 13.2 Å². The molecule has 22 heavy (non-hydrogen) atoms. The number of allylic oxidation sites excluding steroid dienone is 2. The molecule has 3 heteroatoms. The van der Waals surface area contributed by atoms with Crippen molar-refractivity contribution >= 4 is 5.97 Å². The molecule has 0 N–H and O–H groups in total. The number of hydrogen-bond acceptors (Lipinski definition) is 3. The van der Waals surface area contributed by atoms with E-state index >= 15 is 0 Å². The summed E-state index contributed by atoms with van der Waals surface area (Å²) in [4.78, 5) is 11.4. The lowest BCUT2D eigenvalue weighted by atomic mass is 10.1. The number of ether oxygens (including phenoxy) is 2. The average Bonchev–Trinajstić information content (AvgIpc) is 2.52. The van der Waals surface area contributed by atoms with Crippen molar-refractivity contribution in [1.82, 2.24) is 0 Å². The van der Waals surface area contributed by atoms with Gasteiger partial charge >= 0.3 is 5.97 Å². The molecule has 0 aliphatic heterocycles. The third-order valence-corrected chi connectivity index (χ3v) is 3.25. The topological polar surface area (TPSA) is 35.5 Å². The van der Waals surface area contributed by atoms with Gasteiger partial charge in [-0.25, -0.2) is 4.79 Å². The fourth-order valence-corrected chi connectivity index (χ4v) is 1.90. The lowest BCUT2D eigenvalue weighted by Crippen LogP contribution is -2.04. The van der Waals surface area contributed by atoms with Crippen LogP contribution in [0.3, 0.4) is 0 Å². The molecule has 0 fully saturated rings. The summed E-state index contributed by atoms with van der Waals surface area (Å²) in [6.45, 7) is 7.35. The summed E-state index contributed by atoms with van der Waals surface area (Å²) in [6, 6.07) is 10.1. The van der Waals surface area contributed by atoms with Crippen LogP contribution in [0.25, 0.3) is 0 Å². The summed E-state index contributed by atoms with van der Waals surface area (Å²) >= 11 is 0. The Kier molecular flexibility index (Phi) is 8.92. The van der Waals surface area contributed by atoms with Crippen LogP contribution in [-0.2, 0) is 20.9 Å². The minimum absolute atomic E-state index is 0.227. The van der Waals surface area contributed by atoms with Crippen molar-refractivity contribution < 1.29 is 14.3 Å². The summed E-state index contributed by atoms with van der Waals surface area (Å²) in [6.07, 6.45) is 5.79. The molecule has 0 unspecified atom stereocenters. The highest BCUT2D eigenvalue weighted by atomic mass is 16.5. The summed E-state index contributed by atoms with van der Waals surface area (Å²) in [5.74, 6) is -0.227. The fourth-order valence-electron chi connectivity index (χ4n) is 1.90. The first kappa shape index (κ1) is 18.2. The maximum atomic E-state index is 11.4. The zero-order valence-electron chi connectivity index (χ0n) is 13.8. The molecule has 120 valence electrons. The Morgan fingerprint density at radius 1 is 1.14 bits per heavy atom. The van der Waals surface area contributed by atoms with Gasteiger partial charge in [0.05, 0.1) is 19.8 Å². The van der Waals surface area contributed by atoms with Crippen molar-refractivity contribution in [3.05, 3.63) is 59.2 Å². The maximum absolute atomic E-state index is 11.4. The second-order valence-electron chi connectivity index (χ2n) is 5.20. The van der Waals surface area contributed by atoms with Crippen LogP contribution in [0.2, 0.25) is 0 Å². The highest BCUT2D eigenvalue weighted by Crippen LogP contribution is 2.08. The number of carbonyl (C=O) groups excluding carboxylic acids is 1. The summed E-state index contributed by atoms with van der Waals surface area (Å²) in [5.41, 5.74) is 3.12. The van der Waals surface area contributed by atoms with Gasteiger partial charge in [-0.3, -0.25) is 0 Å². The lowest BCUT2D eigenvalue weighted by molar-refractivity contribution is -0.138. The molecule has 0 aromatic heterocycles. The Balaban J connectivity index is 2.23. The predicted molar refractivity (Wildman–Crippen MR) is 89.5 cm³/mol. The first-order valence-electron chi connectivity index (χ1n) is 7.74. The Labute approximate surface area is 133 Å². The van der Waals surface area contributed by atoms with Crippen LogP contribution in [0, 0.1) is 0 Å². The van der Waals surface area contributed by atoms with E-state index in [4.69, 9.17) is 9.47 Å². The number of benzene rings is 1. The first-order valence-corrected chi connectivity index (χ1v) is 7.74. The lowest BCUT2D eigenvalue weighted by Gasteiger charge is -2.04. The van der Waals surface area contributed by atoms with E-state index in [0.29, 0.717) is 25.4 Å². The van der Waals surface area contributed by atoms with Crippen LogP contribution in [0.1, 0.15) is 39.2 Å². The second kappa shape index (κ2) is 10.8. The van der Waals surface area contributed by atoms with Gasteiger partial charge in [0.15, 0.2) is 0 Å². The van der Waals surface area contributed by atoms with E-state index in [1.54, 1.807) is 6.92 Å². The van der Waals surface area contributed by atoms with Crippen molar-refractivity contribution in [2.24, 2.45) is 0 Å². The molecular formula is C19H26O3. The summed E-state index contributed by atoms with van der Waals surface area (Å²) in [7, 11) is 0. The van der Waals surface area contributed by atoms with E-state index in [0.717, 1.165) is 12.8 Å². The second-order valence-corrected chi connectivity index (χ2v) is 5.20. The van der Waals surface area contributed by atoms with E-state index in [9.17, 15) is 4.79 Å². The molecule has 0 heterocycles. The van der Waals surface area contributed by atoms with E-state index in [1.807, 2.05) is 31.2 Å². The van der Waals surface area contributed by atoms with Crippen LogP contribution < -0.4 is 0 Å². The zero-order chi connectivity index (χ0) is 16.2. The molecular weight excluding hydrogens is 276 g/mol. The van der Waals surface area contributed by atoms with E-state index in [-0.39, 0.29) is 5.97 Å². The number of carbonyl (C=O) groups is 1. The van der Waals surface area contributed by atoms with Crippen LogP contribution >= 0.6 is 0 Å². The van der Waals surface area contributed by atoms with Crippen molar-refractivity contribution in [3.63, 3.8) is 0 Å². The molecule has 0 saturated heterocycles. The molecule has 0 bridgehead atoms. The molecule has 1 aromatic rings. The average molecular weight is 302 g/mol. The van der Waals surface area contributed by atoms with Crippen LogP contribution in [0.5, 0.6) is 0 Å². The zero-order valence-corrected chi connectivity index (χ0v) is 13.8. The van der Waals surface area contributed by atoms with Crippen molar-refractivity contribution in [1.29, 1.82) is 0 Å². The van der Waals surface area contributed by atoms with E-state index < -0.39 is 0 Å². The van der Waals surface area contributed by atoms with Gasteiger partial charge in [-0.1, -0.05) is 48.1 Å². The molecule has 3 nitrogen and oxygen atoms in total. The van der Waals surface area contributed by atoms with Gasteiger partial charge in [-0.05, 0) is 39.2 Å². The van der Waals surface area contributed by atoms with E-state index in [2.05, 4.69) is 25.1 Å². The van der Waals surface area contributed by atoms with Gasteiger partial charge < -0.3 is 9.47 Å². The molecule has 0 atom stereocenters. The number of esters is 1. The highest BCUT2D eigenvalue weighted by Gasteiger charge is 2.03. The summed E-state index contributed by atoms with van der Waals surface area (Å²) in [5, 5.41) is 0. The number of rotatable bonds is 9. The van der Waals surface area contributed by atoms with Crippen LogP contribution in [-0.4, -0.2) is 19.2 Å². The Bertz CT molecular complexity index is 501. The smallest absolute Gasteiger partial charge is 0.333 e. The molecule has 0 saturated carbocycles. The van der Waals surface area contributed by atoms with Gasteiger partial charge in [0, 0.05) is 5.57 Å². The molecule has 0 aliphatic rings. The highest BCUT2D eigenvalue weighted by molar-refractivity contribution is 5.87. The third kappa shape index (κ3) is 7.79. The molecule has 0 radical (unpaired) electrons. The van der Waals surface area contributed by atoms with E-state index in [1.165, 1.54) is 11.1 Å². The van der Waals surface area contributed by atoms with Gasteiger partial charge in [0.25, 0.3) is 0 Å². The van der Waals surface area contributed by atoms with Gasteiger partial charge in [-0.2, -0.15) is 0 Å². The molecule has 0 aliphatic carbocycles. The first-order chi connectivity index (χ1) is 10.6. The Morgan fingerprint density at radius 3 is 2.55 bits per heavy atom. The Morgan fingerprint density at radius 2 is 1.86 bits per heavy atom. The minimum atomic E-state index is -0.227. The largest absolute Gasteiger partial charge is 0.463 e. The van der Waals surface area contributed by atoms with Crippen molar-refractivity contribution in [2.45, 2.75) is 40.2 Å². The van der Waals surface area contributed by atoms with Crippen LogP contribution in [0.4, 0.5) is 0 Å². The SMILES string of the molecule is CCOC(=O)C(C)=CCCC(C)=CCOCc1ccccc1. The normalized spacial score (nSPS) is 12.3. The molecule has 1 rings (SSSR count). The molecule has 0 amide bonds. The maximum Gasteiger partial charge on any atom is 0.333 e. The standard InChI is InChI=1S/C19H26O3/c1-4-22-19(20)17(3)10-8-9-16(2)13-14-21-15-18-11-6-5-7-12-18/h5-7,10-13H,4,8-9,14-15H2,1-3H3. The number of hydrogen-bond donors (Lipinski definition) is 0. The minimum Gasteiger partial charge on any atom is -0.463 e. The van der Waals surface area contributed by atoms with Gasteiger partial charge in [-0.15, -0.1) is 0 Å².